The van der Waals surface area contributed by atoms with Crippen molar-refractivity contribution in [1.82, 2.24) is 10.6 Å². The summed E-state index contributed by atoms with van der Waals surface area (Å²) in [6.07, 6.45) is -0.807. The quantitative estimate of drug-likeness (QED) is 0.229. The highest BCUT2D eigenvalue weighted by Crippen LogP contribution is 2.22. The number of hydrogen-bond acceptors (Lipinski definition) is 8. The van der Waals surface area contributed by atoms with Gasteiger partial charge in [-0.05, 0) is 5.56 Å². The first kappa shape index (κ1) is 23.6. The van der Waals surface area contributed by atoms with Crippen molar-refractivity contribution in [2.24, 2.45) is 5.73 Å². The van der Waals surface area contributed by atoms with Crippen LogP contribution in [0.5, 0.6) is 0 Å². The largest absolute Gasteiger partial charge is 0.480 e. The second-order valence-corrected chi connectivity index (χ2v) is 7.94. The maximum atomic E-state index is 11.8. The Labute approximate surface area is 169 Å². The van der Waals surface area contributed by atoms with Gasteiger partial charge in [-0.15, -0.1) is 0 Å². The summed E-state index contributed by atoms with van der Waals surface area (Å²) >= 11 is 0. The van der Waals surface area contributed by atoms with Gasteiger partial charge in [0.25, 0.3) is 0 Å². The van der Waals surface area contributed by atoms with E-state index in [2.05, 4.69) is 10.6 Å². The minimum atomic E-state index is -1.25. The molecule has 12 heteroatoms. The van der Waals surface area contributed by atoms with Crippen molar-refractivity contribution < 1.29 is 34.1 Å². The van der Waals surface area contributed by atoms with Gasteiger partial charge in [0.2, 0.25) is 5.91 Å². The fraction of sp³-hybridized carbons (Fsp3) is 0.375. The fourth-order valence-electron chi connectivity index (χ4n) is 1.66. The number of hydrogen-bond donors (Lipinski definition) is 5. The van der Waals surface area contributed by atoms with Crippen LogP contribution in [-0.4, -0.2) is 64.3 Å². The topological polar surface area (TPSA) is 168 Å². The smallest absolute Gasteiger partial charge is 0.407 e. The minimum absolute atomic E-state index is 0.00344. The summed E-state index contributed by atoms with van der Waals surface area (Å²) in [5.74, 6) is -3.01. The molecule has 0 radical (unpaired) electrons. The van der Waals surface area contributed by atoms with Crippen molar-refractivity contribution >= 4 is 45.5 Å². The van der Waals surface area contributed by atoms with E-state index in [0.717, 1.165) is 27.2 Å². The number of carbonyl (C=O) groups excluding carboxylic acids is 2. The SMILES string of the molecule is N[C@H](CSSC[C@@H](NC(=O)CNC(=O)OCc1ccccc1)C(=O)O)C(=O)O. The molecule has 10 nitrogen and oxygen atoms in total. The van der Waals surface area contributed by atoms with Crippen molar-refractivity contribution in [3.05, 3.63) is 35.9 Å². The van der Waals surface area contributed by atoms with Crippen LogP contribution >= 0.6 is 21.6 Å². The molecule has 0 aliphatic rings. The highest BCUT2D eigenvalue weighted by atomic mass is 33.1. The minimum Gasteiger partial charge on any atom is -0.480 e. The van der Waals surface area contributed by atoms with E-state index in [1.54, 1.807) is 24.3 Å². The molecule has 1 aromatic rings. The number of amides is 2. The third-order valence-corrected chi connectivity index (χ3v) is 5.57. The van der Waals surface area contributed by atoms with Crippen molar-refractivity contribution in [1.29, 1.82) is 0 Å². The molecule has 0 aromatic heterocycles. The van der Waals surface area contributed by atoms with Crippen molar-refractivity contribution in [2.45, 2.75) is 18.7 Å². The number of alkyl carbamates (subject to hydrolysis) is 1. The van der Waals surface area contributed by atoms with E-state index in [0.29, 0.717) is 0 Å². The number of carboxylic acid groups (broad SMARTS) is 2. The van der Waals surface area contributed by atoms with Gasteiger partial charge in [-0.1, -0.05) is 51.9 Å². The molecular formula is C16H21N3O7S2. The standard InChI is InChI=1S/C16H21N3O7S2/c17-11(14(21)22)8-27-28-9-12(15(23)24)19-13(20)6-18-16(25)26-7-10-4-2-1-3-5-10/h1-5,11-12H,6-9,17H2,(H,18,25)(H,19,20)(H,21,22)(H,23,24)/t11-,12-/m1/s1. The highest BCUT2D eigenvalue weighted by molar-refractivity contribution is 8.76. The van der Waals surface area contributed by atoms with E-state index in [1.165, 1.54) is 0 Å². The van der Waals surface area contributed by atoms with Crippen LogP contribution in [0.1, 0.15) is 5.56 Å². The van der Waals surface area contributed by atoms with Gasteiger partial charge in [-0.2, -0.15) is 0 Å². The zero-order valence-corrected chi connectivity index (χ0v) is 16.3. The molecule has 0 aliphatic heterocycles. The summed E-state index contributed by atoms with van der Waals surface area (Å²) in [4.78, 5) is 45.2. The number of nitrogens with two attached hydrogens (primary N) is 1. The summed E-state index contributed by atoms with van der Waals surface area (Å²) in [7, 11) is 2.16. The predicted octanol–water partition coefficient (Wildman–Crippen LogP) is 0.276. The zero-order valence-electron chi connectivity index (χ0n) is 14.7. The van der Waals surface area contributed by atoms with E-state index in [9.17, 15) is 19.2 Å². The van der Waals surface area contributed by atoms with Gasteiger partial charge in [0.05, 0.1) is 0 Å². The van der Waals surface area contributed by atoms with Crippen LogP contribution in [0.25, 0.3) is 0 Å². The van der Waals surface area contributed by atoms with Crippen LogP contribution in [-0.2, 0) is 25.7 Å². The second kappa shape index (κ2) is 12.9. The Kier molecular flexibility index (Phi) is 10.8. The number of carbonyl (C=O) groups is 4. The molecule has 2 amide bonds. The van der Waals surface area contributed by atoms with Crippen LogP contribution in [0.4, 0.5) is 4.79 Å². The molecule has 0 saturated heterocycles. The molecule has 1 aromatic carbocycles. The molecule has 154 valence electrons. The average Bonchev–Trinajstić information content (AvgIpc) is 2.67. The molecule has 6 N–H and O–H groups in total. The Morgan fingerprint density at radius 3 is 2.29 bits per heavy atom. The van der Waals surface area contributed by atoms with Gasteiger partial charge in [0, 0.05) is 11.5 Å². The summed E-state index contributed by atoms with van der Waals surface area (Å²) in [6, 6.07) is 6.70. The number of carboxylic acids is 2. The van der Waals surface area contributed by atoms with Crippen molar-refractivity contribution in [3.63, 3.8) is 0 Å². The van der Waals surface area contributed by atoms with Crippen molar-refractivity contribution in [2.75, 3.05) is 18.1 Å². The van der Waals surface area contributed by atoms with E-state index >= 15 is 0 Å². The second-order valence-electron chi connectivity index (χ2n) is 5.39. The van der Waals surface area contributed by atoms with Crippen LogP contribution in [0.3, 0.4) is 0 Å². The maximum Gasteiger partial charge on any atom is 0.407 e. The summed E-state index contributed by atoms with van der Waals surface area (Å²) in [6.45, 7) is -0.405. The van der Waals surface area contributed by atoms with Gasteiger partial charge in [0.1, 0.15) is 25.2 Å². The number of rotatable bonds is 12. The Morgan fingerprint density at radius 2 is 1.68 bits per heavy atom. The monoisotopic (exact) mass is 431 g/mol. The van der Waals surface area contributed by atoms with Crippen LogP contribution in [0.2, 0.25) is 0 Å². The molecule has 28 heavy (non-hydrogen) atoms. The normalized spacial score (nSPS) is 12.5. The van der Waals surface area contributed by atoms with Crippen LogP contribution in [0, 0.1) is 0 Å². The van der Waals surface area contributed by atoms with E-state index in [-0.39, 0.29) is 18.1 Å². The average molecular weight is 431 g/mol. The first-order valence-corrected chi connectivity index (χ1v) is 10.5. The van der Waals surface area contributed by atoms with E-state index in [4.69, 9.17) is 20.7 Å². The molecule has 0 saturated carbocycles. The Hall–Kier alpha value is -2.44. The number of aliphatic carboxylic acids is 2. The number of benzene rings is 1. The lowest BCUT2D eigenvalue weighted by Gasteiger charge is -2.14. The molecule has 0 fully saturated rings. The van der Waals surface area contributed by atoms with Gasteiger partial charge in [-0.3, -0.25) is 9.59 Å². The molecule has 1 rings (SSSR count). The molecular weight excluding hydrogens is 410 g/mol. The van der Waals surface area contributed by atoms with Gasteiger partial charge in [-0.25, -0.2) is 9.59 Å². The lowest BCUT2D eigenvalue weighted by Crippen LogP contribution is -2.46. The lowest BCUT2D eigenvalue weighted by molar-refractivity contribution is -0.141. The molecule has 0 aliphatic carbocycles. The van der Waals surface area contributed by atoms with Gasteiger partial charge < -0.3 is 31.3 Å². The third-order valence-electron chi connectivity index (χ3n) is 3.12. The summed E-state index contributed by atoms with van der Waals surface area (Å²) < 4.78 is 4.94. The predicted molar refractivity (Wildman–Crippen MR) is 105 cm³/mol. The Morgan fingerprint density at radius 1 is 1.04 bits per heavy atom. The Bertz CT molecular complexity index is 675. The van der Waals surface area contributed by atoms with Gasteiger partial charge >= 0.3 is 18.0 Å². The first-order valence-electron chi connectivity index (χ1n) is 7.99. The van der Waals surface area contributed by atoms with Crippen LogP contribution < -0.4 is 16.4 Å². The fourth-order valence-corrected chi connectivity index (χ4v) is 3.92. The molecule has 0 spiro atoms. The summed E-state index contributed by atoms with van der Waals surface area (Å²) in [5, 5.41) is 22.3. The van der Waals surface area contributed by atoms with Crippen molar-refractivity contribution in [3.8, 4) is 0 Å². The Balaban J connectivity index is 2.28. The van der Waals surface area contributed by atoms with Gasteiger partial charge in [0.15, 0.2) is 0 Å². The molecule has 0 bridgehead atoms. The third kappa shape index (κ3) is 10.0. The number of nitrogens with one attached hydrogen (secondary N) is 2. The van der Waals surface area contributed by atoms with E-state index in [1.807, 2.05) is 6.07 Å². The molecule has 2 atom stereocenters. The molecule has 0 heterocycles. The molecule has 0 unspecified atom stereocenters. The highest BCUT2D eigenvalue weighted by Gasteiger charge is 2.21. The maximum absolute atomic E-state index is 11.8. The van der Waals surface area contributed by atoms with E-state index < -0.39 is 42.6 Å². The number of ether oxygens (including phenoxy) is 1. The van der Waals surface area contributed by atoms with Crippen LogP contribution in [0.15, 0.2) is 30.3 Å². The zero-order chi connectivity index (χ0) is 20.9. The lowest BCUT2D eigenvalue weighted by atomic mass is 10.2. The summed E-state index contributed by atoms with van der Waals surface area (Å²) in [5.41, 5.74) is 6.11. The first-order chi connectivity index (χ1) is 13.3.